The van der Waals surface area contributed by atoms with Crippen LogP contribution in [0.15, 0.2) is 53.9 Å². The molecule has 0 bridgehead atoms. The molecule has 0 unspecified atom stereocenters. The molecule has 2 aromatic carbocycles. The van der Waals surface area contributed by atoms with Gasteiger partial charge in [0.2, 0.25) is 0 Å². The quantitative estimate of drug-likeness (QED) is 0.418. The van der Waals surface area contributed by atoms with Crippen molar-refractivity contribution >= 4 is 23.2 Å². The molecule has 1 aliphatic heterocycles. The summed E-state index contributed by atoms with van der Waals surface area (Å²) in [4.78, 5) is 31.4. The molecule has 4 rings (SSSR count). The number of esters is 1. The number of likely N-dealkylation sites (tertiary alicyclic amines) is 1. The number of thiazole rings is 1. The second kappa shape index (κ2) is 10.8. The molecule has 0 N–H and O–H groups in total. The minimum absolute atomic E-state index is 0.0218. The number of aromatic nitrogens is 1. The van der Waals surface area contributed by atoms with E-state index in [9.17, 15) is 14.0 Å². The molecule has 1 amide bonds. The topological polar surface area (TPSA) is 68.7 Å². The highest BCUT2D eigenvalue weighted by atomic mass is 32.1. The van der Waals surface area contributed by atoms with Gasteiger partial charge in [-0.15, -0.1) is 11.3 Å². The monoisotopic (exact) mass is 482 g/mol. The zero-order chi connectivity index (χ0) is 24.1. The van der Waals surface area contributed by atoms with E-state index in [1.165, 1.54) is 23.5 Å². The third kappa shape index (κ3) is 5.80. The number of amides is 1. The van der Waals surface area contributed by atoms with Crippen molar-refractivity contribution in [3.63, 3.8) is 0 Å². The molecule has 1 saturated heterocycles. The fraction of sp³-hybridized carbons (Fsp3) is 0.346. The van der Waals surface area contributed by atoms with Gasteiger partial charge in [0.05, 0.1) is 11.3 Å². The van der Waals surface area contributed by atoms with E-state index < -0.39 is 5.97 Å². The van der Waals surface area contributed by atoms with Gasteiger partial charge in [-0.3, -0.25) is 4.79 Å². The highest BCUT2D eigenvalue weighted by Gasteiger charge is 2.29. The van der Waals surface area contributed by atoms with Gasteiger partial charge in [0.25, 0.3) is 5.91 Å². The molecule has 0 spiro atoms. The molecule has 0 saturated carbocycles. The van der Waals surface area contributed by atoms with Gasteiger partial charge < -0.3 is 14.4 Å². The maximum Gasteiger partial charge on any atom is 0.338 e. The zero-order valence-electron chi connectivity index (χ0n) is 19.2. The van der Waals surface area contributed by atoms with Gasteiger partial charge in [0.15, 0.2) is 6.61 Å². The van der Waals surface area contributed by atoms with Crippen molar-refractivity contribution in [1.29, 1.82) is 0 Å². The molecule has 34 heavy (non-hydrogen) atoms. The van der Waals surface area contributed by atoms with Crippen LogP contribution in [0.3, 0.4) is 0 Å². The van der Waals surface area contributed by atoms with Crippen LogP contribution in [0, 0.1) is 5.82 Å². The summed E-state index contributed by atoms with van der Waals surface area (Å²) in [7, 11) is 0. The minimum atomic E-state index is -0.477. The Balaban J connectivity index is 1.27. The predicted octanol–water partition coefficient (Wildman–Crippen LogP) is 5.47. The normalized spacial score (nSPS) is 17.9. The summed E-state index contributed by atoms with van der Waals surface area (Å²) in [5.41, 5.74) is 1.81. The van der Waals surface area contributed by atoms with Crippen LogP contribution < -0.4 is 4.74 Å². The van der Waals surface area contributed by atoms with E-state index >= 15 is 0 Å². The summed E-state index contributed by atoms with van der Waals surface area (Å²) in [6.07, 6.45) is 3.17. The van der Waals surface area contributed by atoms with E-state index in [0.29, 0.717) is 17.0 Å². The minimum Gasteiger partial charge on any atom is -0.484 e. The van der Waals surface area contributed by atoms with Gasteiger partial charge >= 0.3 is 5.97 Å². The number of carbonyl (C=O) groups is 2. The largest absolute Gasteiger partial charge is 0.484 e. The van der Waals surface area contributed by atoms with E-state index in [0.717, 1.165) is 29.8 Å². The summed E-state index contributed by atoms with van der Waals surface area (Å²) in [5, 5.41) is 2.54. The summed E-state index contributed by atoms with van der Waals surface area (Å²) < 4.78 is 24.1. The predicted molar refractivity (Wildman–Crippen MR) is 128 cm³/mol. The van der Waals surface area contributed by atoms with E-state index in [1.54, 1.807) is 36.4 Å². The number of hydrogen-bond donors (Lipinski definition) is 0. The molecule has 0 radical (unpaired) electrons. The number of rotatable bonds is 7. The van der Waals surface area contributed by atoms with Crippen molar-refractivity contribution in [2.24, 2.45) is 0 Å². The third-order valence-electron chi connectivity index (χ3n) is 5.93. The smallest absolute Gasteiger partial charge is 0.338 e. The fourth-order valence-electron chi connectivity index (χ4n) is 4.14. The van der Waals surface area contributed by atoms with Gasteiger partial charge in [-0.1, -0.05) is 0 Å². The number of halogens is 1. The third-order valence-corrected chi connectivity index (χ3v) is 6.87. The number of hydrogen-bond acceptors (Lipinski definition) is 6. The number of nitrogens with zero attached hydrogens (tertiary/aromatic N) is 2. The maximum atomic E-state index is 13.1. The van der Waals surface area contributed by atoms with E-state index in [2.05, 4.69) is 18.8 Å². The number of benzene rings is 2. The maximum absolute atomic E-state index is 13.1. The number of carbonyl (C=O) groups excluding carboxylic acids is 2. The highest BCUT2D eigenvalue weighted by molar-refractivity contribution is 7.13. The van der Waals surface area contributed by atoms with Gasteiger partial charge in [-0.05, 0) is 81.6 Å². The molecule has 2 heterocycles. The van der Waals surface area contributed by atoms with Crippen LogP contribution in [0.4, 0.5) is 4.39 Å². The lowest BCUT2D eigenvalue weighted by atomic mass is 9.97. The molecule has 1 aromatic heterocycles. The first-order chi connectivity index (χ1) is 16.4. The Kier molecular flexibility index (Phi) is 7.57. The Morgan fingerprint density at radius 3 is 2.41 bits per heavy atom. The van der Waals surface area contributed by atoms with Crippen LogP contribution in [-0.2, 0) is 16.1 Å². The molecule has 178 valence electrons. The van der Waals surface area contributed by atoms with Crippen LogP contribution in [-0.4, -0.2) is 40.5 Å². The number of piperidine rings is 1. The van der Waals surface area contributed by atoms with Crippen molar-refractivity contribution < 1.29 is 23.5 Å². The van der Waals surface area contributed by atoms with Crippen molar-refractivity contribution in [3.8, 4) is 16.3 Å². The van der Waals surface area contributed by atoms with Gasteiger partial charge in [0, 0.05) is 23.0 Å². The Hall–Kier alpha value is -3.26. The molecule has 2 atom stereocenters. The standard InChI is InChI=1S/C26H27FN2O4S/c1-17-4-3-5-18(2)29(17)24(30)15-32-23-12-8-20(9-13-23)26(31)33-14-22-16-34-25(28-22)19-6-10-21(27)11-7-19/h6-13,16-18H,3-5,14-15H2,1-2H3/t17-,18+. The molecule has 1 aliphatic rings. The SMILES string of the molecule is C[C@@H]1CCC[C@H](C)N1C(=O)COc1ccc(C(=O)OCc2csc(-c3ccc(F)cc3)n2)cc1. The highest BCUT2D eigenvalue weighted by Crippen LogP contribution is 2.25. The molecule has 1 fully saturated rings. The molecular formula is C26H27FN2O4S. The zero-order valence-corrected chi connectivity index (χ0v) is 20.0. The van der Waals surface area contributed by atoms with Crippen molar-refractivity contribution in [1.82, 2.24) is 9.88 Å². The summed E-state index contributed by atoms with van der Waals surface area (Å²) in [6.45, 7) is 4.15. The van der Waals surface area contributed by atoms with Crippen molar-refractivity contribution in [2.75, 3.05) is 6.61 Å². The molecule has 8 heteroatoms. The lowest BCUT2D eigenvalue weighted by molar-refractivity contribution is -0.139. The van der Waals surface area contributed by atoms with Crippen LogP contribution in [0.25, 0.3) is 10.6 Å². The average molecular weight is 483 g/mol. The fourth-order valence-corrected chi connectivity index (χ4v) is 4.95. The molecule has 6 nitrogen and oxygen atoms in total. The van der Waals surface area contributed by atoms with E-state index in [1.807, 2.05) is 10.3 Å². The summed E-state index contributed by atoms with van der Waals surface area (Å²) >= 11 is 1.40. The molecular weight excluding hydrogens is 455 g/mol. The Bertz CT molecular complexity index is 1120. The lowest BCUT2D eigenvalue weighted by Gasteiger charge is -2.38. The van der Waals surface area contributed by atoms with Crippen molar-refractivity contribution in [3.05, 3.63) is 71.0 Å². The first-order valence-corrected chi connectivity index (χ1v) is 12.2. The van der Waals surface area contributed by atoms with Gasteiger partial charge in [0.1, 0.15) is 23.2 Å². The second-order valence-electron chi connectivity index (χ2n) is 8.47. The van der Waals surface area contributed by atoms with Crippen molar-refractivity contribution in [2.45, 2.75) is 51.8 Å². The summed E-state index contributed by atoms with van der Waals surface area (Å²) in [5.74, 6) is -0.282. The van der Waals surface area contributed by atoms with E-state index in [-0.39, 0.29) is 37.0 Å². The van der Waals surface area contributed by atoms with Crippen LogP contribution in [0.1, 0.15) is 49.2 Å². The molecule has 3 aromatic rings. The van der Waals surface area contributed by atoms with Gasteiger partial charge in [-0.25, -0.2) is 14.2 Å². The lowest BCUT2D eigenvalue weighted by Crippen LogP contribution is -2.49. The first-order valence-electron chi connectivity index (χ1n) is 11.3. The van der Waals surface area contributed by atoms with Gasteiger partial charge in [-0.2, -0.15) is 0 Å². The first kappa shape index (κ1) is 23.9. The average Bonchev–Trinajstić information content (AvgIpc) is 3.31. The van der Waals surface area contributed by atoms with Crippen LogP contribution in [0.2, 0.25) is 0 Å². The summed E-state index contributed by atoms with van der Waals surface area (Å²) in [6, 6.07) is 13.1. The second-order valence-corrected chi connectivity index (χ2v) is 9.33. The number of ether oxygens (including phenoxy) is 2. The molecule has 0 aliphatic carbocycles. The van der Waals surface area contributed by atoms with Crippen LogP contribution in [0.5, 0.6) is 5.75 Å². The Labute approximate surface area is 202 Å². The Morgan fingerprint density at radius 2 is 1.74 bits per heavy atom. The van der Waals surface area contributed by atoms with E-state index in [4.69, 9.17) is 9.47 Å². The van der Waals surface area contributed by atoms with Crippen LogP contribution >= 0.6 is 11.3 Å². The Morgan fingerprint density at radius 1 is 1.06 bits per heavy atom.